The Kier molecular flexibility index (Phi) is 5.52. The molecule has 0 unspecified atom stereocenters. The monoisotopic (exact) mass is 476 g/mol. The van der Waals surface area contributed by atoms with Gasteiger partial charge in [0.05, 0.1) is 11.1 Å². The Morgan fingerprint density at radius 3 is 2.50 bits per heavy atom. The zero-order valence-corrected chi connectivity index (χ0v) is 15.2. The first-order valence-corrected chi connectivity index (χ1v) is 8.07. The van der Waals surface area contributed by atoms with Crippen LogP contribution in [0.5, 0.6) is 0 Å². The molecule has 0 spiro atoms. The molecule has 2 amide bonds. The van der Waals surface area contributed by atoms with Gasteiger partial charge in [-0.3, -0.25) is 9.59 Å². The molecule has 0 fully saturated rings. The number of benzene rings is 2. The second-order valence-corrected chi connectivity index (χ2v) is 6.43. The van der Waals surface area contributed by atoms with Crippen LogP contribution in [-0.4, -0.2) is 18.9 Å². The molecule has 7 heteroatoms. The molecule has 2 aromatic rings. The van der Waals surface area contributed by atoms with Gasteiger partial charge in [0, 0.05) is 20.8 Å². The lowest BCUT2D eigenvalue weighted by Gasteiger charge is -2.09. The Morgan fingerprint density at radius 1 is 1.09 bits per heavy atom. The summed E-state index contributed by atoms with van der Waals surface area (Å²) in [4.78, 5) is 23.9. The van der Waals surface area contributed by atoms with Gasteiger partial charge >= 0.3 is 0 Å². The van der Waals surface area contributed by atoms with Crippen LogP contribution in [-0.2, 0) is 0 Å². The van der Waals surface area contributed by atoms with Crippen molar-refractivity contribution in [2.75, 3.05) is 12.4 Å². The van der Waals surface area contributed by atoms with E-state index in [2.05, 4.69) is 49.2 Å². The molecule has 0 aliphatic rings. The highest BCUT2D eigenvalue weighted by atomic mass is 127. The highest BCUT2D eigenvalue weighted by Crippen LogP contribution is 2.21. The van der Waals surface area contributed by atoms with Gasteiger partial charge in [0.25, 0.3) is 11.8 Å². The predicted molar refractivity (Wildman–Crippen MR) is 94.6 cm³/mol. The van der Waals surface area contributed by atoms with Crippen LogP contribution in [0.3, 0.4) is 0 Å². The van der Waals surface area contributed by atoms with Crippen LogP contribution in [0, 0.1) is 9.39 Å². The fourth-order valence-corrected chi connectivity index (χ4v) is 2.72. The van der Waals surface area contributed by atoms with E-state index in [-0.39, 0.29) is 11.5 Å². The molecule has 0 saturated heterocycles. The summed E-state index contributed by atoms with van der Waals surface area (Å²) in [5.41, 5.74) is 0.714. The molecule has 22 heavy (non-hydrogen) atoms. The van der Waals surface area contributed by atoms with E-state index in [0.29, 0.717) is 11.3 Å². The molecule has 2 aromatic carbocycles. The van der Waals surface area contributed by atoms with Gasteiger partial charge in [-0.05, 0) is 59.0 Å². The fraction of sp³-hybridized carbons (Fsp3) is 0.0667. The Labute approximate surface area is 148 Å². The number of carbonyl (C=O) groups is 2. The smallest absolute Gasteiger partial charge is 0.256 e. The van der Waals surface area contributed by atoms with Gasteiger partial charge in [0.2, 0.25) is 0 Å². The second-order valence-electron chi connectivity index (χ2n) is 4.35. The third kappa shape index (κ3) is 3.83. The average Bonchev–Trinajstić information content (AvgIpc) is 2.50. The molecule has 0 aliphatic heterocycles. The highest BCUT2D eigenvalue weighted by molar-refractivity contribution is 14.1. The van der Waals surface area contributed by atoms with Crippen LogP contribution in [0.2, 0.25) is 0 Å². The summed E-state index contributed by atoms with van der Waals surface area (Å²) in [7, 11) is 1.41. The zero-order valence-electron chi connectivity index (χ0n) is 11.4. The molecule has 0 heterocycles. The van der Waals surface area contributed by atoms with Crippen LogP contribution in [0.1, 0.15) is 20.7 Å². The van der Waals surface area contributed by atoms with Crippen molar-refractivity contribution in [1.82, 2.24) is 5.32 Å². The van der Waals surface area contributed by atoms with Crippen molar-refractivity contribution in [2.24, 2.45) is 0 Å². The average molecular weight is 477 g/mol. The van der Waals surface area contributed by atoms with Gasteiger partial charge in [-0.2, -0.15) is 0 Å². The molecule has 0 radical (unpaired) electrons. The van der Waals surface area contributed by atoms with Crippen molar-refractivity contribution in [3.8, 4) is 0 Å². The van der Waals surface area contributed by atoms with Crippen molar-refractivity contribution >= 4 is 56.0 Å². The number of amides is 2. The normalized spacial score (nSPS) is 10.2. The lowest BCUT2D eigenvalue weighted by atomic mass is 10.1. The van der Waals surface area contributed by atoms with E-state index >= 15 is 0 Å². The molecule has 0 bridgehead atoms. The lowest BCUT2D eigenvalue weighted by Crippen LogP contribution is -2.20. The number of anilines is 1. The summed E-state index contributed by atoms with van der Waals surface area (Å²) in [6, 6.07) is 9.19. The standard InChI is InChI=1S/C15H11BrFIN2O2/c1-19-14(21)10-7-9(3-4-12(10)17)20-15(22)11-6-8(16)2-5-13(11)18/h2-7H,1H3,(H,19,21)(H,20,22). The minimum atomic E-state index is -0.644. The van der Waals surface area contributed by atoms with E-state index in [1.165, 1.54) is 19.2 Å². The maximum Gasteiger partial charge on any atom is 0.256 e. The van der Waals surface area contributed by atoms with Crippen LogP contribution < -0.4 is 10.6 Å². The maximum absolute atomic E-state index is 13.6. The van der Waals surface area contributed by atoms with Crippen LogP contribution in [0.25, 0.3) is 0 Å². The molecular formula is C15H11BrFIN2O2. The molecule has 114 valence electrons. The minimum Gasteiger partial charge on any atom is -0.355 e. The van der Waals surface area contributed by atoms with E-state index in [9.17, 15) is 14.0 Å². The van der Waals surface area contributed by atoms with Gasteiger partial charge in [0.1, 0.15) is 5.82 Å². The predicted octanol–water partition coefficient (Wildman–Crippen LogP) is 3.80. The Morgan fingerprint density at radius 2 is 1.82 bits per heavy atom. The quantitative estimate of drug-likeness (QED) is 0.662. The van der Waals surface area contributed by atoms with Crippen molar-refractivity contribution in [2.45, 2.75) is 0 Å². The summed E-state index contributed by atoms with van der Waals surface area (Å²) in [6.45, 7) is 0. The second kappa shape index (κ2) is 7.19. The zero-order chi connectivity index (χ0) is 16.3. The molecule has 0 saturated carbocycles. The van der Waals surface area contributed by atoms with E-state index in [1.807, 2.05) is 6.07 Å². The van der Waals surface area contributed by atoms with Crippen molar-refractivity contribution in [1.29, 1.82) is 0 Å². The third-order valence-electron chi connectivity index (χ3n) is 2.87. The van der Waals surface area contributed by atoms with Gasteiger partial charge in [-0.15, -0.1) is 0 Å². The number of hydrogen-bond donors (Lipinski definition) is 2. The van der Waals surface area contributed by atoms with E-state index in [0.717, 1.165) is 14.1 Å². The summed E-state index contributed by atoms with van der Waals surface area (Å²) in [5, 5.41) is 5.01. The van der Waals surface area contributed by atoms with Gasteiger partial charge in [-0.25, -0.2) is 4.39 Å². The van der Waals surface area contributed by atoms with E-state index in [1.54, 1.807) is 12.1 Å². The van der Waals surface area contributed by atoms with Crippen molar-refractivity contribution in [3.05, 3.63) is 61.4 Å². The summed E-state index contributed by atoms with van der Waals surface area (Å²) in [5.74, 6) is -1.53. The van der Waals surface area contributed by atoms with Gasteiger partial charge in [0.15, 0.2) is 0 Å². The van der Waals surface area contributed by atoms with Crippen LogP contribution in [0.4, 0.5) is 10.1 Å². The summed E-state index contributed by atoms with van der Waals surface area (Å²) >= 11 is 5.37. The Hall–Kier alpha value is -1.48. The topological polar surface area (TPSA) is 58.2 Å². The maximum atomic E-state index is 13.6. The molecule has 0 aromatic heterocycles. The minimum absolute atomic E-state index is 0.121. The van der Waals surface area contributed by atoms with E-state index in [4.69, 9.17) is 0 Å². The molecule has 4 nitrogen and oxygen atoms in total. The molecule has 0 aliphatic carbocycles. The van der Waals surface area contributed by atoms with Crippen molar-refractivity contribution < 1.29 is 14.0 Å². The number of hydrogen-bond acceptors (Lipinski definition) is 2. The van der Waals surface area contributed by atoms with E-state index < -0.39 is 11.7 Å². The van der Waals surface area contributed by atoms with Crippen molar-refractivity contribution in [3.63, 3.8) is 0 Å². The van der Waals surface area contributed by atoms with Crippen LogP contribution >= 0.6 is 38.5 Å². The molecular weight excluding hydrogens is 466 g/mol. The number of rotatable bonds is 3. The number of halogens is 3. The first-order chi connectivity index (χ1) is 10.4. The summed E-state index contributed by atoms with van der Waals surface area (Å²) < 4.78 is 15.2. The first kappa shape index (κ1) is 16.9. The van der Waals surface area contributed by atoms with Crippen LogP contribution in [0.15, 0.2) is 40.9 Å². The summed E-state index contributed by atoms with van der Waals surface area (Å²) in [6.07, 6.45) is 0. The largest absolute Gasteiger partial charge is 0.355 e. The molecule has 2 rings (SSSR count). The Bertz CT molecular complexity index is 752. The SMILES string of the molecule is CNC(=O)c1cc(NC(=O)c2cc(Br)ccc2I)ccc1F. The highest BCUT2D eigenvalue weighted by Gasteiger charge is 2.14. The molecule has 2 N–H and O–H groups in total. The first-order valence-electron chi connectivity index (χ1n) is 6.20. The third-order valence-corrected chi connectivity index (χ3v) is 4.30. The lowest BCUT2D eigenvalue weighted by molar-refractivity contribution is 0.0957. The fourth-order valence-electron chi connectivity index (χ4n) is 1.78. The molecule has 0 atom stereocenters. The Balaban J connectivity index is 2.29. The number of carbonyl (C=O) groups excluding carboxylic acids is 2. The van der Waals surface area contributed by atoms with Gasteiger partial charge in [-0.1, -0.05) is 15.9 Å². The number of nitrogens with one attached hydrogen (secondary N) is 2. The van der Waals surface area contributed by atoms with Gasteiger partial charge < -0.3 is 10.6 Å².